The summed E-state index contributed by atoms with van der Waals surface area (Å²) in [5.41, 5.74) is 0.410. The number of fused-ring (bicyclic) bond motifs is 1. The lowest BCUT2D eigenvalue weighted by Gasteiger charge is -2.12. The Hall–Kier alpha value is -4.80. The summed E-state index contributed by atoms with van der Waals surface area (Å²) in [6.07, 6.45) is -4.53. The Morgan fingerprint density at radius 3 is 2.22 bits per heavy atom. The largest absolute Gasteiger partial charge is 0.484 e. The molecule has 1 aromatic heterocycles. The second-order valence-electron chi connectivity index (χ2n) is 7.98. The predicted molar refractivity (Wildman–Crippen MR) is 132 cm³/mol. The van der Waals surface area contributed by atoms with E-state index in [4.69, 9.17) is 9.15 Å². The van der Waals surface area contributed by atoms with Crippen LogP contribution in [0.5, 0.6) is 5.75 Å². The van der Waals surface area contributed by atoms with E-state index in [1.165, 1.54) is 24.3 Å². The number of amides is 3. The molecule has 37 heavy (non-hydrogen) atoms. The zero-order valence-electron chi connectivity index (χ0n) is 19.3. The summed E-state index contributed by atoms with van der Waals surface area (Å²) in [6.45, 7) is 1.45. The zero-order chi connectivity index (χ0) is 26.6. The van der Waals surface area contributed by atoms with Gasteiger partial charge in [0, 0.05) is 28.5 Å². The van der Waals surface area contributed by atoms with Crippen molar-refractivity contribution in [2.75, 3.05) is 22.6 Å². The fourth-order valence-electron chi connectivity index (χ4n) is 3.48. The van der Waals surface area contributed by atoms with Gasteiger partial charge >= 0.3 is 17.8 Å². The van der Waals surface area contributed by atoms with E-state index < -0.39 is 29.3 Å². The van der Waals surface area contributed by atoms with Crippen LogP contribution in [-0.4, -0.2) is 18.5 Å². The lowest BCUT2D eigenvalue weighted by molar-refractivity contribution is -0.137. The number of hydrogen-bond donors (Lipinski definition) is 3. The minimum Gasteiger partial charge on any atom is -0.484 e. The van der Waals surface area contributed by atoms with Crippen molar-refractivity contribution in [2.24, 2.45) is 0 Å². The molecule has 0 aliphatic heterocycles. The number of ether oxygens (including phenoxy) is 1. The van der Waals surface area contributed by atoms with Crippen molar-refractivity contribution in [3.8, 4) is 5.75 Å². The van der Waals surface area contributed by atoms with E-state index in [0.717, 1.165) is 12.1 Å². The van der Waals surface area contributed by atoms with Crippen LogP contribution >= 0.6 is 0 Å². The van der Waals surface area contributed by atoms with E-state index >= 15 is 0 Å². The fraction of sp³-hybridized carbons (Fsp3) is 0.115. The molecule has 3 N–H and O–H groups in total. The standard InChI is InChI=1S/C26H20F3N3O5/c1-15-10-24(34)37-22-9-8-20(13-21(15)22)36-14-23(33)30-18-6-3-7-19(12-18)32-25(35)31-17-5-2-4-16(11-17)26(27,28)29/h2-13H,14H2,1H3,(H,30,33)(H2,31,32,35). The normalized spacial score (nSPS) is 11.1. The van der Waals surface area contributed by atoms with Crippen molar-refractivity contribution in [1.82, 2.24) is 0 Å². The second kappa shape index (κ2) is 10.4. The van der Waals surface area contributed by atoms with Gasteiger partial charge in [-0.3, -0.25) is 4.79 Å². The van der Waals surface area contributed by atoms with Crippen LogP contribution in [0.4, 0.5) is 35.0 Å². The topological polar surface area (TPSA) is 110 Å². The molecule has 0 radical (unpaired) electrons. The van der Waals surface area contributed by atoms with Crippen LogP contribution in [0.3, 0.4) is 0 Å². The maximum Gasteiger partial charge on any atom is 0.416 e. The van der Waals surface area contributed by atoms with Crippen LogP contribution in [0.25, 0.3) is 11.0 Å². The third-order valence-electron chi connectivity index (χ3n) is 5.14. The number of urea groups is 1. The maximum atomic E-state index is 12.9. The van der Waals surface area contributed by atoms with E-state index in [1.54, 1.807) is 43.3 Å². The number of rotatable bonds is 6. The van der Waals surface area contributed by atoms with Gasteiger partial charge in [-0.15, -0.1) is 0 Å². The molecule has 0 spiro atoms. The highest BCUT2D eigenvalue weighted by atomic mass is 19.4. The van der Waals surface area contributed by atoms with Crippen LogP contribution in [-0.2, 0) is 11.0 Å². The first-order valence-corrected chi connectivity index (χ1v) is 10.9. The van der Waals surface area contributed by atoms with E-state index in [2.05, 4.69) is 16.0 Å². The Labute approximate surface area is 208 Å². The SMILES string of the molecule is Cc1cc(=O)oc2ccc(OCC(=O)Nc3cccc(NC(=O)Nc4cccc(C(F)(F)F)c4)c3)cc12. The number of aryl methyl sites for hydroxylation is 1. The van der Waals surface area contributed by atoms with Gasteiger partial charge < -0.3 is 25.1 Å². The summed E-state index contributed by atoms with van der Waals surface area (Å²) in [7, 11) is 0. The van der Waals surface area contributed by atoms with Crippen molar-refractivity contribution < 1.29 is 31.9 Å². The van der Waals surface area contributed by atoms with Crippen LogP contribution in [0.15, 0.2) is 82.0 Å². The number of carbonyl (C=O) groups excluding carboxylic acids is 2. The van der Waals surface area contributed by atoms with Crippen molar-refractivity contribution in [1.29, 1.82) is 0 Å². The molecule has 11 heteroatoms. The van der Waals surface area contributed by atoms with Crippen LogP contribution in [0.1, 0.15) is 11.1 Å². The van der Waals surface area contributed by atoms with E-state index in [9.17, 15) is 27.6 Å². The Balaban J connectivity index is 1.33. The van der Waals surface area contributed by atoms with Gasteiger partial charge in [0.25, 0.3) is 5.91 Å². The monoisotopic (exact) mass is 511 g/mol. The molecule has 0 saturated carbocycles. The van der Waals surface area contributed by atoms with Gasteiger partial charge in [-0.05, 0) is 67.1 Å². The van der Waals surface area contributed by atoms with Gasteiger partial charge in [0.2, 0.25) is 0 Å². The number of halogens is 3. The molecule has 4 rings (SSSR count). The molecule has 3 aromatic carbocycles. The van der Waals surface area contributed by atoms with Crippen molar-refractivity contribution in [3.63, 3.8) is 0 Å². The van der Waals surface area contributed by atoms with E-state index in [-0.39, 0.29) is 12.3 Å². The van der Waals surface area contributed by atoms with Crippen LogP contribution in [0.2, 0.25) is 0 Å². The van der Waals surface area contributed by atoms with E-state index in [1.807, 2.05) is 0 Å². The van der Waals surface area contributed by atoms with Crippen LogP contribution < -0.4 is 26.3 Å². The highest BCUT2D eigenvalue weighted by molar-refractivity contribution is 6.00. The molecule has 4 aromatic rings. The molecule has 0 bridgehead atoms. The molecule has 190 valence electrons. The Bertz CT molecular complexity index is 1530. The molecule has 0 aliphatic rings. The smallest absolute Gasteiger partial charge is 0.416 e. The number of carbonyl (C=O) groups is 2. The van der Waals surface area contributed by atoms with Crippen LogP contribution in [0, 0.1) is 6.92 Å². The average Bonchev–Trinajstić information content (AvgIpc) is 2.82. The van der Waals surface area contributed by atoms with Crippen molar-refractivity contribution in [2.45, 2.75) is 13.1 Å². The first kappa shape index (κ1) is 25.3. The fourth-order valence-corrected chi connectivity index (χ4v) is 3.48. The number of nitrogens with one attached hydrogen (secondary N) is 3. The number of alkyl halides is 3. The first-order chi connectivity index (χ1) is 17.6. The van der Waals surface area contributed by atoms with Gasteiger partial charge in [-0.1, -0.05) is 12.1 Å². The number of hydrogen-bond acceptors (Lipinski definition) is 5. The molecule has 0 aliphatic carbocycles. The summed E-state index contributed by atoms with van der Waals surface area (Å²) < 4.78 is 49.2. The molecule has 0 unspecified atom stereocenters. The second-order valence-corrected chi connectivity index (χ2v) is 7.98. The van der Waals surface area contributed by atoms with Gasteiger partial charge in [0.1, 0.15) is 11.3 Å². The highest BCUT2D eigenvalue weighted by Crippen LogP contribution is 2.30. The first-order valence-electron chi connectivity index (χ1n) is 10.9. The van der Waals surface area contributed by atoms with Gasteiger partial charge in [-0.2, -0.15) is 13.2 Å². The Kier molecular flexibility index (Phi) is 7.14. The predicted octanol–water partition coefficient (Wildman–Crippen LogP) is 5.78. The molecule has 3 amide bonds. The molecule has 1 heterocycles. The summed E-state index contributed by atoms with van der Waals surface area (Å²) in [4.78, 5) is 36.1. The highest BCUT2D eigenvalue weighted by Gasteiger charge is 2.30. The molecular weight excluding hydrogens is 491 g/mol. The van der Waals surface area contributed by atoms with Gasteiger partial charge in [0.05, 0.1) is 5.56 Å². The van der Waals surface area contributed by atoms with Crippen molar-refractivity contribution >= 4 is 40.0 Å². The van der Waals surface area contributed by atoms with Gasteiger partial charge in [0.15, 0.2) is 6.61 Å². The minimum atomic E-state index is -4.53. The average molecular weight is 511 g/mol. The Morgan fingerprint density at radius 1 is 0.865 bits per heavy atom. The maximum absolute atomic E-state index is 12.9. The van der Waals surface area contributed by atoms with Crippen molar-refractivity contribution in [3.05, 3.63) is 94.3 Å². The molecule has 0 saturated heterocycles. The third-order valence-corrected chi connectivity index (χ3v) is 5.14. The quantitative estimate of drug-likeness (QED) is 0.284. The molecular formula is C26H20F3N3O5. The molecule has 0 fully saturated rings. The minimum absolute atomic E-state index is 0.0278. The summed E-state index contributed by atoms with van der Waals surface area (Å²) in [6, 6.07) is 15.9. The summed E-state index contributed by atoms with van der Waals surface area (Å²) >= 11 is 0. The number of benzene rings is 3. The zero-order valence-corrected chi connectivity index (χ0v) is 19.3. The van der Waals surface area contributed by atoms with Gasteiger partial charge in [-0.25, -0.2) is 9.59 Å². The Morgan fingerprint density at radius 2 is 1.51 bits per heavy atom. The van der Waals surface area contributed by atoms with E-state index in [0.29, 0.717) is 33.7 Å². The lowest BCUT2D eigenvalue weighted by Crippen LogP contribution is -2.21. The lowest BCUT2D eigenvalue weighted by atomic mass is 10.1. The molecule has 8 nitrogen and oxygen atoms in total. The molecule has 0 atom stereocenters. The summed E-state index contributed by atoms with van der Waals surface area (Å²) in [5, 5.41) is 8.16. The third kappa shape index (κ3) is 6.66. The summed E-state index contributed by atoms with van der Waals surface area (Å²) in [5.74, 6) is -0.0664. The number of anilines is 3.